The SMILES string of the molecule is CCOC(=O)CSc1nnc(NC(=O)C(C)(C)N)s1.Cl. The van der Waals surface area contributed by atoms with E-state index in [0.717, 1.165) is 0 Å². The number of ether oxygens (including phenoxy) is 1. The Morgan fingerprint density at radius 1 is 1.45 bits per heavy atom. The molecule has 0 aliphatic heterocycles. The van der Waals surface area contributed by atoms with Gasteiger partial charge in [-0.3, -0.25) is 14.9 Å². The molecule has 1 rings (SSSR count). The summed E-state index contributed by atoms with van der Waals surface area (Å²) in [6.45, 7) is 5.29. The number of nitrogens with one attached hydrogen (secondary N) is 1. The van der Waals surface area contributed by atoms with Crippen molar-refractivity contribution < 1.29 is 14.3 Å². The molecule has 0 unspecified atom stereocenters. The summed E-state index contributed by atoms with van der Waals surface area (Å²) in [7, 11) is 0. The number of rotatable bonds is 6. The van der Waals surface area contributed by atoms with Crippen molar-refractivity contribution in [3.05, 3.63) is 0 Å². The van der Waals surface area contributed by atoms with Gasteiger partial charge in [0.1, 0.15) is 0 Å². The van der Waals surface area contributed by atoms with Crippen LogP contribution in [0.3, 0.4) is 0 Å². The standard InChI is InChI=1S/C10H16N4O3S2.ClH/c1-4-17-6(15)5-18-9-14-13-8(19-9)12-7(16)10(2,3)11;/h4-5,11H2,1-3H3,(H,12,13,16);1H. The zero-order chi connectivity index (χ0) is 14.5. The summed E-state index contributed by atoms with van der Waals surface area (Å²) in [5.41, 5.74) is 4.66. The van der Waals surface area contributed by atoms with E-state index >= 15 is 0 Å². The van der Waals surface area contributed by atoms with Crippen LogP contribution in [-0.4, -0.2) is 40.0 Å². The van der Waals surface area contributed by atoms with E-state index in [2.05, 4.69) is 15.5 Å². The molecule has 7 nitrogen and oxygen atoms in total. The van der Waals surface area contributed by atoms with Crippen molar-refractivity contribution in [1.82, 2.24) is 10.2 Å². The van der Waals surface area contributed by atoms with Crippen molar-refractivity contribution in [2.45, 2.75) is 30.6 Å². The predicted molar refractivity (Wildman–Crippen MR) is 81.4 cm³/mol. The molecule has 0 fully saturated rings. The van der Waals surface area contributed by atoms with Crippen molar-refractivity contribution in [3.63, 3.8) is 0 Å². The van der Waals surface area contributed by atoms with Gasteiger partial charge in [0.2, 0.25) is 11.0 Å². The highest BCUT2D eigenvalue weighted by molar-refractivity contribution is 8.01. The Balaban J connectivity index is 0.00000361. The molecular formula is C10H17ClN4O3S2. The van der Waals surface area contributed by atoms with Gasteiger partial charge in [-0.15, -0.1) is 22.6 Å². The van der Waals surface area contributed by atoms with Gasteiger partial charge >= 0.3 is 5.97 Å². The molecule has 0 bridgehead atoms. The summed E-state index contributed by atoms with van der Waals surface area (Å²) < 4.78 is 5.37. The van der Waals surface area contributed by atoms with Gasteiger partial charge in [0.15, 0.2) is 4.34 Å². The second-order valence-electron chi connectivity index (χ2n) is 4.14. The number of hydrogen-bond donors (Lipinski definition) is 2. The molecule has 1 heterocycles. The van der Waals surface area contributed by atoms with Gasteiger partial charge in [-0.2, -0.15) is 0 Å². The minimum Gasteiger partial charge on any atom is -0.465 e. The highest BCUT2D eigenvalue weighted by atomic mass is 35.5. The zero-order valence-electron chi connectivity index (χ0n) is 11.3. The largest absolute Gasteiger partial charge is 0.465 e. The van der Waals surface area contributed by atoms with Gasteiger partial charge in [-0.1, -0.05) is 23.1 Å². The van der Waals surface area contributed by atoms with Crippen LogP contribution in [0.2, 0.25) is 0 Å². The second-order valence-corrected chi connectivity index (χ2v) is 6.34. The van der Waals surface area contributed by atoms with Crippen LogP contribution >= 0.6 is 35.5 Å². The minimum absolute atomic E-state index is 0. The van der Waals surface area contributed by atoms with Crippen LogP contribution in [0.5, 0.6) is 0 Å². The predicted octanol–water partition coefficient (Wildman–Crippen LogP) is 1.29. The van der Waals surface area contributed by atoms with E-state index in [1.807, 2.05) is 0 Å². The number of carbonyl (C=O) groups excluding carboxylic acids is 2. The van der Waals surface area contributed by atoms with E-state index in [0.29, 0.717) is 16.1 Å². The fourth-order valence-corrected chi connectivity index (χ4v) is 2.45. The van der Waals surface area contributed by atoms with Crippen molar-refractivity contribution in [2.75, 3.05) is 17.7 Å². The topological polar surface area (TPSA) is 107 Å². The van der Waals surface area contributed by atoms with Gasteiger partial charge in [0.05, 0.1) is 17.9 Å². The summed E-state index contributed by atoms with van der Waals surface area (Å²) in [5, 5.41) is 10.6. The van der Waals surface area contributed by atoms with Crippen LogP contribution in [0.4, 0.5) is 5.13 Å². The number of nitrogens with two attached hydrogens (primary N) is 1. The van der Waals surface area contributed by atoms with E-state index in [1.165, 1.54) is 23.1 Å². The third-order valence-electron chi connectivity index (χ3n) is 1.83. The van der Waals surface area contributed by atoms with E-state index in [1.54, 1.807) is 20.8 Å². The van der Waals surface area contributed by atoms with Crippen molar-refractivity contribution in [3.8, 4) is 0 Å². The lowest BCUT2D eigenvalue weighted by Crippen LogP contribution is -2.45. The fourth-order valence-electron chi connectivity index (χ4n) is 0.900. The molecule has 3 N–H and O–H groups in total. The van der Waals surface area contributed by atoms with Gasteiger partial charge in [-0.05, 0) is 20.8 Å². The molecule has 0 spiro atoms. The average Bonchev–Trinajstić information content (AvgIpc) is 2.73. The second kappa shape index (κ2) is 8.40. The molecule has 1 aromatic rings. The molecule has 0 saturated heterocycles. The minimum atomic E-state index is -0.982. The van der Waals surface area contributed by atoms with Gasteiger partial charge < -0.3 is 10.5 Å². The van der Waals surface area contributed by atoms with Crippen molar-refractivity contribution in [1.29, 1.82) is 0 Å². The van der Waals surface area contributed by atoms with E-state index < -0.39 is 5.54 Å². The van der Waals surface area contributed by atoms with Crippen LogP contribution in [0.25, 0.3) is 0 Å². The number of amides is 1. The number of hydrogen-bond acceptors (Lipinski definition) is 8. The van der Waals surface area contributed by atoms with Gasteiger partial charge in [-0.25, -0.2) is 0 Å². The van der Waals surface area contributed by atoms with Crippen LogP contribution < -0.4 is 11.1 Å². The summed E-state index contributed by atoms with van der Waals surface area (Å²) >= 11 is 2.39. The monoisotopic (exact) mass is 340 g/mol. The lowest BCUT2D eigenvalue weighted by Gasteiger charge is -2.15. The highest BCUT2D eigenvalue weighted by Crippen LogP contribution is 2.25. The van der Waals surface area contributed by atoms with E-state index in [-0.39, 0.29) is 30.0 Å². The number of thioether (sulfide) groups is 1. The quantitative estimate of drug-likeness (QED) is 0.456. The molecule has 0 aromatic carbocycles. The highest BCUT2D eigenvalue weighted by Gasteiger charge is 2.23. The first kappa shape index (κ1) is 19.1. The first-order valence-corrected chi connectivity index (χ1v) is 7.35. The Hall–Kier alpha value is -0.900. The molecule has 0 atom stereocenters. The molecule has 114 valence electrons. The van der Waals surface area contributed by atoms with E-state index in [9.17, 15) is 9.59 Å². The molecule has 0 aliphatic rings. The van der Waals surface area contributed by atoms with Crippen LogP contribution in [-0.2, 0) is 14.3 Å². The van der Waals surface area contributed by atoms with Crippen LogP contribution in [0.1, 0.15) is 20.8 Å². The Labute approximate surface area is 131 Å². The normalized spacial score (nSPS) is 10.6. The first-order chi connectivity index (χ1) is 8.82. The van der Waals surface area contributed by atoms with Crippen LogP contribution in [0, 0.1) is 0 Å². The fraction of sp³-hybridized carbons (Fsp3) is 0.600. The summed E-state index contributed by atoms with van der Waals surface area (Å²) in [5.74, 6) is -0.485. The number of carbonyl (C=O) groups is 2. The molecule has 0 saturated carbocycles. The Morgan fingerprint density at radius 2 is 2.10 bits per heavy atom. The molecule has 20 heavy (non-hydrogen) atoms. The number of halogens is 1. The molecule has 1 aromatic heterocycles. The van der Waals surface area contributed by atoms with Crippen molar-refractivity contribution in [2.24, 2.45) is 5.73 Å². The maximum Gasteiger partial charge on any atom is 0.316 e. The lowest BCUT2D eigenvalue weighted by molar-refractivity contribution is -0.139. The Morgan fingerprint density at radius 3 is 2.65 bits per heavy atom. The maximum atomic E-state index is 11.6. The third-order valence-corrected chi connectivity index (χ3v) is 3.78. The Bertz CT molecular complexity index is 462. The van der Waals surface area contributed by atoms with Crippen molar-refractivity contribution >= 4 is 52.5 Å². The summed E-state index contributed by atoms with van der Waals surface area (Å²) in [6.07, 6.45) is 0. The van der Waals surface area contributed by atoms with E-state index in [4.69, 9.17) is 10.5 Å². The summed E-state index contributed by atoms with van der Waals surface area (Å²) in [4.78, 5) is 22.8. The third kappa shape index (κ3) is 6.51. The number of aromatic nitrogens is 2. The number of esters is 1. The zero-order valence-corrected chi connectivity index (χ0v) is 13.8. The lowest BCUT2D eigenvalue weighted by atomic mass is 10.1. The van der Waals surface area contributed by atoms with Gasteiger partial charge in [0.25, 0.3) is 0 Å². The first-order valence-electron chi connectivity index (χ1n) is 5.55. The molecule has 0 radical (unpaired) electrons. The maximum absolute atomic E-state index is 11.6. The Kier molecular flexibility index (Phi) is 8.02. The summed E-state index contributed by atoms with van der Waals surface area (Å²) in [6, 6.07) is 0. The molecule has 1 amide bonds. The number of anilines is 1. The smallest absolute Gasteiger partial charge is 0.316 e. The van der Waals surface area contributed by atoms with Gasteiger partial charge in [0, 0.05) is 0 Å². The van der Waals surface area contributed by atoms with Crippen LogP contribution in [0.15, 0.2) is 4.34 Å². The average molecular weight is 341 g/mol. The molecule has 10 heteroatoms. The number of nitrogens with zero attached hydrogens (tertiary/aromatic N) is 2. The molecule has 0 aliphatic carbocycles. The molecular weight excluding hydrogens is 324 g/mol.